The van der Waals surface area contributed by atoms with Crippen molar-refractivity contribution >= 4 is 28.8 Å². The van der Waals surface area contributed by atoms with Gasteiger partial charge in [0.1, 0.15) is 0 Å². The van der Waals surface area contributed by atoms with E-state index in [1.165, 1.54) is 24.0 Å². The van der Waals surface area contributed by atoms with Crippen molar-refractivity contribution in [1.82, 2.24) is 0 Å². The van der Waals surface area contributed by atoms with Crippen molar-refractivity contribution in [2.45, 2.75) is 12.8 Å². The van der Waals surface area contributed by atoms with Gasteiger partial charge in [0.15, 0.2) is 0 Å². The van der Waals surface area contributed by atoms with Crippen LogP contribution in [0.25, 0.3) is 5.57 Å². The summed E-state index contributed by atoms with van der Waals surface area (Å²) in [5.74, 6) is 1.32. The third kappa shape index (κ3) is 2.31. The molecule has 2 heteroatoms. The highest BCUT2D eigenvalue weighted by molar-refractivity contribution is 6.30. The number of halogens is 2. The predicted octanol–water partition coefficient (Wildman–Crippen LogP) is 4.37. The highest BCUT2D eigenvalue weighted by atomic mass is 35.5. The van der Waals surface area contributed by atoms with Crippen LogP contribution in [-0.2, 0) is 0 Å². The van der Waals surface area contributed by atoms with Gasteiger partial charge in [0.2, 0.25) is 0 Å². The summed E-state index contributed by atoms with van der Waals surface area (Å²) in [5, 5.41) is 0.787. The van der Waals surface area contributed by atoms with Crippen LogP contribution in [-0.4, -0.2) is 5.88 Å². The van der Waals surface area contributed by atoms with Crippen molar-refractivity contribution in [2.24, 2.45) is 5.92 Å². The van der Waals surface area contributed by atoms with Crippen LogP contribution in [0.1, 0.15) is 18.4 Å². The first-order chi connectivity index (χ1) is 6.81. The topological polar surface area (TPSA) is 0 Å². The molecule has 1 aromatic carbocycles. The molecule has 0 bridgehead atoms. The molecule has 1 saturated carbocycles. The smallest absolute Gasteiger partial charge is 0.0410 e. The van der Waals surface area contributed by atoms with Gasteiger partial charge in [0.05, 0.1) is 0 Å². The van der Waals surface area contributed by atoms with E-state index in [1.54, 1.807) is 0 Å². The number of hydrogen-bond donors (Lipinski definition) is 0. The third-order valence-corrected chi connectivity index (χ3v) is 2.90. The fraction of sp³-hybridized carbons (Fsp3) is 0.333. The van der Waals surface area contributed by atoms with Gasteiger partial charge in [-0.15, -0.1) is 11.6 Å². The summed E-state index contributed by atoms with van der Waals surface area (Å²) in [4.78, 5) is 0. The zero-order chi connectivity index (χ0) is 9.97. The quantitative estimate of drug-likeness (QED) is 0.672. The van der Waals surface area contributed by atoms with Gasteiger partial charge in [-0.1, -0.05) is 29.8 Å². The molecule has 1 aliphatic carbocycles. The first-order valence-electron chi connectivity index (χ1n) is 4.83. The molecule has 14 heavy (non-hydrogen) atoms. The molecule has 0 N–H and O–H groups in total. The van der Waals surface area contributed by atoms with Crippen LogP contribution in [0.3, 0.4) is 0 Å². The molecule has 0 atom stereocenters. The van der Waals surface area contributed by atoms with Crippen molar-refractivity contribution in [3.8, 4) is 0 Å². The summed E-state index contributed by atoms with van der Waals surface area (Å²) >= 11 is 11.6. The summed E-state index contributed by atoms with van der Waals surface area (Å²) in [6.45, 7) is 0. The van der Waals surface area contributed by atoms with Gasteiger partial charge in [0.25, 0.3) is 0 Å². The van der Waals surface area contributed by atoms with E-state index in [0.717, 1.165) is 10.9 Å². The van der Waals surface area contributed by atoms with Crippen LogP contribution in [0.4, 0.5) is 0 Å². The van der Waals surface area contributed by atoms with E-state index in [0.29, 0.717) is 5.88 Å². The Hall–Kier alpha value is -0.460. The molecule has 0 unspecified atom stereocenters. The summed E-state index contributed by atoms with van der Waals surface area (Å²) in [7, 11) is 0. The minimum atomic E-state index is 0.592. The molecular weight excluding hydrogens is 215 g/mol. The molecule has 74 valence electrons. The Kier molecular flexibility index (Phi) is 3.15. The van der Waals surface area contributed by atoms with E-state index in [9.17, 15) is 0 Å². The molecule has 0 saturated heterocycles. The maximum atomic E-state index is 5.84. The first kappa shape index (κ1) is 10.1. The lowest BCUT2D eigenvalue weighted by Gasteiger charge is -2.05. The van der Waals surface area contributed by atoms with Crippen molar-refractivity contribution in [2.75, 3.05) is 5.88 Å². The number of hydrogen-bond acceptors (Lipinski definition) is 0. The van der Waals surface area contributed by atoms with Crippen molar-refractivity contribution in [3.63, 3.8) is 0 Å². The first-order valence-corrected chi connectivity index (χ1v) is 5.74. The van der Waals surface area contributed by atoms with Gasteiger partial charge < -0.3 is 0 Å². The molecule has 0 heterocycles. The Morgan fingerprint density at radius 2 is 1.93 bits per heavy atom. The zero-order valence-corrected chi connectivity index (χ0v) is 9.35. The second-order valence-electron chi connectivity index (χ2n) is 3.59. The lowest BCUT2D eigenvalue weighted by molar-refractivity contribution is 1.14. The molecule has 1 fully saturated rings. The minimum Gasteiger partial charge on any atom is -0.122 e. The Labute approximate surface area is 94.5 Å². The van der Waals surface area contributed by atoms with Crippen LogP contribution in [0, 0.1) is 5.92 Å². The maximum absolute atomic E-state index is 5.84. The van der Waals surface area contributed by atoms with Crippen molar-refractivity contribution in [3.05, 3.63) is 40.9 Å². The molecular formula is C12H12Cl2. The molecule has 0 nitrogen and oxygen atoms in total. The van der Waals surface area contributed by atoms with E-state index < -0.39 is 0 Å². The van der Waals surface area contributed by atoms with Gasteiger partial charge >= 0.3 is 0 Å². The lowest BCUT2D eigenvalue weighted by Crippen LogP contribution is -1.87. The predicted molar refractivity (Wildman–Crippen MR) is 62.9 cm³/mol. The van der Waals surface area contributed by atoms with E-state index in [2.05, 4.69) is 18.2 Å². The molecule has 2 rings (SSSR count). The third-order valence-electron chi connectivity index (χ3n) is 2.49. The zero-order valence-electron chi connectivity index (χ0n) is 7.84. The Bertz CT molecular complexity index is 334. The lowest BCUT2D eigenvalue weighted by atomic mass is 10.0. The van der Waals surface area contributed by atoms with Gasteiger partial charge in [0, 0.05) is 10.9 Å². The molecule has 1 aliphatic rings. The Balaban J connectivity index is 2.26. The van der Waals surface area contributed by atoms with Gasteiger partial charge in [-0.25, -0.2) is 0 Å². The maximum Gasteiger partial charge on any atom is 0.0410 e. The van der Waals surface area contributed by atoms with Crippen LogP contribution < -0.4 is 0 Å². The fourth-order valence-electron chi connectivity index (χ4n) is 1.64. The SMILES string of the molecule is ClC/C=C(/c1ccc(Cl)cc1)C1CC1. The van der Waals surface area contributed by atoms with Crippen LogP contribution in [0.5, 0.6) is 0 Å². The standard InChI is InChI=1S/C12H12Cl2/c13-8-7-12(9-1-2-9)10-3-5-11(14)6-4-10/h3-7,9H,1-2,8H2/b12-7+. The van der Waals surface area contributed by atoms with Crippen LogP contribution in [0.15, 0.2) is 30.3 Å². The second kappa shape index (κ2) is 4.37. The molecule has 0 aliphatic heterocycles. The number of allylic oxidation sites excluding steroid dienone is 2. The molecule has 1 aromatic rings. The van der Waals surface area contributed by atoms with Crippen LogP contribution in [0.2, 0.25) is 5.02 Å². The van der Waals surface area contributed by atoms with E-state index in [4.69, 9.17) is 23.2 Å². The average Bonchev–Trinajstić information content (AvgIpc) is 2.99. The number of rotatable bonds is 3. The highest BCUT2D eigenvalue weighted by Crippen LogP contribution is 2.42. The molecule has 0 aromatic heterocycles. The van der Waals surface area contributed by atoms with Gasteiger partial charge in [-0.3, -0.25) is 0 Å². The summed E-state index contributed by atoms with van der Waals surface area (Å²) in [6.07, 6.45) is 4.71. The second-order valence-corrected chi connectivity index (χ2v) is 4.34. The van der Waals surface area contributed by atoms with Crippen molar-refractivity contribution < 1.29 is 0 Å². The van der Waals surface area contributed by atoms with E-state index in [1.807, 2.05) is 12.1 Å². The van der Waals surface area contributed by atoms with Crippen molar-refractivity contribution in [1.29, 1.82) is 0 Å². The summed E-state index contributed by atoms with van der Waals surface area (Å²) in [5.41, 5.74) is 2.65. The van der Waals surface area contributed by atoms with Crippen LogP contribution >= 0.6 is 23.2 Å². The highest BCUT2D eigenvalue weighted by Gasteiger charge is 2.26. The fourth-order valence-corrected chi connectivity index (χ4v) is 1.93. The van der Waals surface area contributed by atoms with E-state index >= 15 is 0 Å². The molecule has 0 radical (unpaired) electrons. The molecule has 0 amide bonds. The molecule has 0 spiro atoms. The largest absolute Gasteiger partial charge is 0.122 e. The Morgan fingerprint density at radius 1 is 1.29 bits per heavy atom. The Morgan fingerprint density at radius 3 is 2.43 bits per heavy atom. The summed E-state index contributed by atoms with van der Waals surface area (Å²) < 4.78 is 0. The monoisotopic (exact) mass is 226 g/mol. The minimum absolute atomic E-state index is 0.592. The number of benzene rings is 1. The van der Waals surface area contributed by atoms with E-state index in [-0.39, 0.29) is 0 Å². The summed E-state index contributed by atoms with van der Waals surface area (Å²) in [6, 6.07) is 8.00. The van der Waals surface area contributed by atoms with Gasteiger partial charge in [-0.2, -0.15) is 0 Å². The normalized spacial score (nSPS) is 17.1. The average molecular weight is 227 g/mol. The van der Waals surface area contributed by atoms with Gasteiger partial charge in [-0.05, 0) is 42.0 Å². The number of alkyl halides is 1.